The van der Waals surface area contributed by atoms with Gasteiger partial charge in [0.25, 0.3) is 0 Å². The van der Waals surface area contributed by atoms with E-state index in [-0.39, 0.29) is 12.1 Å². The molecule has 0 bridgehead atoms. The van der Waals surface area contributed by atoms with Crippen molar-refractivity contribution in [1.82, 2.24) is 4.31 Å². The summed E-state index contributed by atoms with van der Waals surface area (Å²) in [5.74, 6) is -0.574. The van der Waals surface area contributed by atoms with Crippen LogP contribution in [0.4, 0.5) is 13.2 Å². The number of alkyl halides is 3. The van der Waals surface area contributed by atoms with Crippen molar-refractivity contribution in [2.75, 3.05) is 13.6 Å². The van der Waals surface area contributed by atoms with Gasteiger partial charge in [0.15, 0.2) is 0 Å². The number of hydrogen-bond donors (Lipinski definition) is 0. The van der Waals surface area contributed by atoms with Crippen molar-refractivity contribution in [3.63, 3.8) is 0 Å². The van der Waals surface area contributed by atoms with E-state index in [2.05, 4.69) is 0 Å². The molecule has 0 atom stereocenters. The summed E-state index contributed by atoms with van der Waals surface area (Å²) in [6, 6.07) is 5.77. The SMILES string of the molecule is CN(CC#N)S(=O)(=O)Cc1cccc(C(F)(F)F)c1. The van der Waals surface area contributed by atoms with Gasteiger partial charge in [-0.1, -0.05) is 18.2 Å². The molecule has 0 radical (unpaired) electrons. The summed E-state index contributed by atoms with van der Waals surface area (Å²) >= 11 is 0. The molecule has 4 nitrogen and oxygen atoms in total. The molecule has 0 fully saturated rings. The molecule has 1 aromatic carbocycles. The molecular formula is C11H11F3N2O2S. The second-order valence-electron chi connectivity index (χ2n) is 3.87. The fourth-order valence-corrected chi connectivity index (χ4v) is 2.43. The molecule has 1 rings (SSSR count). The van der Waals surface area contributed by atoms with Gasteiger partial charge in [-0.05, 0) is 11.6 Å². The van der Waals surface area contributed by atoms with Crippen molar-refractivity contribution >= 4 is 10.0 Å². The highest BCUT2D eigenvalue weighted by molar-refractivity contribution is 7.88. The summed E-state index contributed by atoms with van der Waals surface area (Å²) in [6.45, 7) is -0.346. The lowest BCUT2D eigenvalue weighted by Gasteiger charge is -2.14. The molecule has 0 saturated heterocycles. The highest BCUT2D eigenvalue weighted by Crippen LogP contribution is 2.29. The fourth-order valence-electron chi connectivity index (χ4n) is 1.36. The Labute approximate surface area is 109 Å². The van der Waals surface area contributed by atoms with E-state index in [9.17, 15) is 21.6 Å². The predicted octanol–water partition coefficient (Wildman–Crippen LogP) is 1.99. The van der Waals surface area contributed by atoms with Crippen LogP contribution in [0.2, 0.25) is 0 Å². The third kappa shape index (κ3) is 4.22. The fraction of sp³-hybridized carbons (Fsp3) is 0.364. The molecule has 0 unspecified atom stereocenters. The quantitative estimate of drug-likeness (QED) is 0.797. The minimum Gasteiger partial charge on any atom is -0.212 e. The summed E-state index contributed by atoms with van der Waals surface area (Å²) in [5, 5.41) is 8.41. The molecule has 0 amide bonds. The molecule has 0 saturated carbocycles. The van der Waals surface area contributed by atoms with Gasteiger partial charge in [0.1, 0.15) is 6.54 Å². The van der Waals surface area contributed by atoms with Gasteiger partial charge in [-0.2, -0.15) is 22.7 Å². The highest BCUT2D eigenvalue weighted by atomic mass is 32.2. The van der Waals surface area contributed by atoms with Crippen LogP contribution in [0, 0.1) is 11.3 Å². The lowest BCUT2D eigenvalue weighted by Crippen LogP contribution is -2.28. The number of nitriles is 1. The topological polar surface area (TPSA) is 61.2 Å². The van der Waals surface area contributed by atoms with Gasteiger partial charge in [-0.15, -0.1) is 0 Å². The van der Waals surface area contributed by atoms with Gasteiger partial charge in [0.2, 0.25) is 10.0 Å². The first-order valence-corrected chi connectivity index (χ1v) is 6.75. The standard InChI is InChI=1S/C11H11F3N2O2S/c1-16(6-5-15)19(17,18)8-9-3-2-4-10(7-9)11(12,13)14/h2-4,7H,6,8H2,1H3. The first-order chi connectivity index (χ1) is 8.66. The number of rotatable bonds is 4. The van der Waals surface area contributed by atoms with Gasteiger partial charge >= 0.3 is 6.18 Å². The monoisotopic (exact) mass is 292 g/mol. The molecule has 19 heavy (non-hydrogen) atoms. The number of nitrogens with zero attached hydrogens (tertiary/aromatic N) is 2. The van der Waals surface area contributed by atoms with Gasteiger partial charge < -0.3 is 0 Å². The van der Waals surface area contributed by atoms with Gasteiger partial charge in [-0.3, -0.25) is 0 Å². The Balaban J connectivity index is 2.98. The average molecular weight is 292 g/mol. The summed E-state index contributed by atoms with van der Waals surface area (Å²) in [7, 11) is -2.59. The van der Waals surface area contributed by atoms with Gasteiger partial charge in [-0.25, -0.2) is 8.42 Å². The van der Waals surface area contributed by atoms with Gasteiger partial charge in [0.05, 0.1) is 17.4 Å². The van der Waals surface area contributed by atoms with Crippen LogP contribution in [-0.4, -0.2) is 26.3 Å². The van der Waals surface area contributed by atoms with Crippen molar-refractivity contribution in [2.45, 2.75) is 11.9 Å². The Morgan fingerprint density at radius 3 is 2.53 bits per heavy atom. The first kappa shape index (κ1) is 15.5. The van der Waals surface area contributed by atoms with Crippen LogP contribution in [0.1, 0.15) is 11.1 Å². The van der Waals surface area contributed by atoms with Crippen LogP contribution in [0.25, 0.3) is 0 Å². The minimum absolute atomic E-state index is 0.0274. The average Bonchev–Trinajstić information content (AvgIpc) is 2.28. The van der Waals surface area contributed by atoms with Crippen molar-refractivity contribution in [2.24, 2.45) is 0 Å². The smallest absolute Gasteiger partial charge is 0.212 e. The van der Waals surface area contributed by atoms with Crippen LogP contribution in [-0.2, 0) is 22.0 Å². The second kappa shape index (κ2) is 5.59. The van der Waals surface area contributed by atoms with E-state index in [0.29, 0.717) is 0 Å². The Morgan fingerprint density at radius 2 is 2.00 bits per heavy atom. The van der Waals surface area contributed by atoms with Crippen LogP contribution >= 0.6 is 0 Å². The maximum absolute atomic E-state index is 12.5. The largest absolute Gasteiger partial charge is 0.416 e. The lowest BCUT2D eigenvalue weighted by molar-refractivity contribution is -0.137. The Bertz CT molecular complexity index is 591. The van der Waals surface area contributed by atoms with E-state index >= 15 is 0 Å². The summed E-state index contributed by atoms with van der Waals surface area (Å²) in [4.78, 5) is 0. The van der Waals surface area contributed by atoms with E-state index in [1.165, 1.54) is 13.1 Å². The Hall–Kier alpha value is -1.59. The van der Waals surface area contributed by atoms with Crippen molar-refractivity contribution < 1.29 is 21.6 Å². The molecule has 0 heterocycles. The molecular weight excluding hydrogens is 281 g/mol. The maximum atomic E-state index is 12.5. The summed E-state index contributed by atoms with van der Waals surface area (Å²) in [5.41, 5.74) is -0.872. The zero-order chi connectivity index (χ0) is 14.7. The number of halogens is 3. The molecule has 0 aliphatic heterocycles. The van der Waals surface area contributed by atoms with E-state index in [0.717, 1.165) is 22.5 Å². The third-order valence-corrected chi connectivity index (χ3v) is 4.15. The van der Waals surface area contributed by atoms with Crippen molar-refractivity contribution in [3.8, 4) is 6.07 Å². The van der Waals surface area contributed by atoms with Crippen molar-refractivity contribution in [1.29, 1.82) is 5.26 Å². The van der Waals surface area contributed by atoms with Crippen molar-refractivity contribution in [3.05, 3.63) is 35.4 Å². The highest BCUT2D eigenvalue weighted by Gasteiger charge is 2.30. The molecule has 8 heteroatoms. The van der Waals surface area contributed by atoms with E-state index in [1.807, 2.05) is 0 Å². The molecule has 0 N–H and O–H groups in total. The van der Waals surface area contributed by atoms with E-state index < -0.39 is 27.5 Å². The molecule has 0 aromatic heterocycles. The number of benzene rings is 1. The zero-order valence-corrected chi connectivity index (χ0v) is 10.8. The zero-order valence-electron chi connectivity index (χ0n) is 9.98. The van der Waals surface area contributed by atoms with E-state index in [1.54, 1.807) is 6.07 Å². The Kier molecular flexibility index (Phi) is 4.55. The summed E-state index contributed by atoms with van der Waals surface area (Å²) in [6.07, 6.45) is -4.52. The predicted molar refractivity (Wildman–Crippen MR) is 62.3 cm³/mol. The normalized spacial score (nSPS) is 12.4. The van der Waals surface area contributed by atoms with Crippen LogP contribution < -0.4 is 0 Å². The minimum atomic E-state index is -4.52. The molecule has 0 aliphatic rings. The third-order valence-electron chi connectivity index (χ3n) is 2.37. The molecule has 0 spiro atoms. The van der Waals surface area contributed by atoms with Crippen LogP contribution in [0.5, 0.6) is 0 Å². The van der Waals surface area contributed by atoms with Gasteiger partial charge in [0, 0.05) is 7.05 Å². The summed E-state index contributed by atoms with van der Waals surface area (Å²) < 4.78 is 61.7. The lowest BCUT2D eigenvalue weighted by atomic mass is 10.1. The van der Waals surface area contributed by atoms with E-state index in [4.69, 9.17) is 5.26 Å². The first-order valence-electron chi connectivity index (χ1n) is 5.14. The number of sulfonamides is 1. The molecule has 0 aliphatic carbocycles. The van der Waals surface area contributed by atoms with Crippen LogP contribution in [0.3, 0.4) is 0 Å². The Morgan fingerprint density at radius 1 is 1.37 bits per heavy atom. The molecule has 1 aromatic rings. The second-order valence-corrected chi connectivity index (χ2v) is 5.94. The molecule has 104 valence electrons. The number of hydrogen-bond acceptors (Lipinski definition) is 3. The van der Waals surface area contributed by atoms with Crippen LogP contribution in [0.15, 0.2) is 24.3 Å². The maximum Gasteiger partial charge on any atom is 0.416 e.